The molecule has 0 spiro atoms. The molecule has 1 heterocycles. The van der Waals surface area contributed by atoms with Crippen LogP contribution in [-0.2, 0) is 0 Å². The summed E-state index contributed by atoms with van der Waals surface area (Å²) in [5.74, 6) is 0.470. The number of nitrogens with one attached hydrogen (secondary N) is 1. The number of benzene rings is 1. The first-order valence-corrected chi connectivity index (χ1v) is 6.05. The van der Waals surface area contributed by atoms with E-state index in [0.29, 0.717) is 5.92 Å². The Morgan fingerprint density at radius 2 is 2.06 bits per heavy atom. The van der Waals surface area contributed by atoms with E-state index >= 15 is 0 Å². The van der Waals surface area contributed by atoms with E-state index in [-0.39, 0.29) is 0 Å². The predicted molar refractivity (Wildman–Crippen MR) is 69.7 cm³/mol. The van der Waals surface area contributed by atoms with Gasteiger partial charge in [0.2, 0.25) is 0 Å². The van der Waals surface area contributed by atoms with Gasteiger partial charge in [-0.15, -0.1) is 0 Å². The molecule has 0 amide bonds. The largest absolute Gasteiger partial charge is 0.358 e. The van der Waals surface area contributed by atoms with Crippen LogP contribution in [0.2, 0.25) is 0 Å². The number of aromatic amines is 1. The number of aromatic nitrogens is 1. The molecule has 0 fully saturated rings. The van der Waals surface area contributed by atoms with Crippen molar-refractivity contribution in [3.8, 4) is 0 Å². The van der Waals surface area contributed by atoms with Gasteiger partial charge in [0.15, 0.2) is 0 Å². The number of rotatable bonds is 4. The second-order valence-corrected chi connectivity index (χ2v) is 4.43. The second kappa shape index (κ2) is 4.71. The second-order valence-electron chi connectivity index (χ2n) is 4.43. The Balaban J connectivity index is 2.47. The molecule has 3 N–H and O–H groups in total. The van der Waals surface area contributed by atoms with E-state index in [1.54, 1.807) is 0 Å². The van der Waals surface area contributed by atoms with Crippen molar-refractivity contribution in [3.05, 3.63) is 35.5 Å². The van der Waals surface area contributed by atoms with E-state index < -0.39 is 0 Å². The van der Waals surface area contributed by atoms with Gasteiger partial charge in [0, 0.05) is 29.1 Å². The number of nitrogens with two attached hydrogens (primary N) is 1. The fourth-order valence-corrected chi connectivity index (χ4v) is 2.44. The van der Waals surface area contributed by atoms with Crippen LogP contribution in [0.3, 0.4) is 0 Å². The van der Waals surface area contributed by atoms with Crippen LogP contribution >= 0.6 is 0 Å². The maximum atomic E-state index is 5.86. The van der Waals surface area contributed by atoms with E-state index in [4.69, 9.17) is 5.73 Å². The van der Waals surface area contributed by atoms with Gasteiger partial charge in [-0.3, -0.25) is 0 Å². The quantitative estimate of drug-likeness (QED) is 0.808. The smallest absolute Gasteiger partial charge is 0.0458 e. The summed E-state index contributed by atoms with van der Waals surface area (Å²) in [7, 11) is 0. The fourth-order valence-electron chi connectivity index (χ4n) is 2.44. The van der Waals surface area contributed by atoms with Crippen LogP contribution < -0.4 is 5.73 Å². The predicted octanol–water partition coefficient (Wildman–Crippen LogP) is 3.32. The maximum Gasteiger partial charge on any atom is 0.0458 e. The number of H-pyrrole nitrogens is 1. The van der Waals surface area contributed by atoms with Crippen molar-refractivity contribution >= 4 is 10.9 Å². The number of fused-ring (bicyclic) bond motifs is 1. The van der Waals surface area contributed by atoms with Crippen molar-refractivity contribution in [2.24, 2.45) is 5.73 Å². The molecule has 0 bridgehead atoms. The molecule has 1 unspecified atom stereocenters. The van der Waals surface area contributed by atoms with Crippen LogP contribution in [0.5, 0.6) is 0 Å². The molecule has 1 aromatic carbocycles. The molecule has 2 nitrogen and oxygen atoms in total. The highest BCUT2D eigenvalue weighted by Crippen LogP contribution is 2.28. The molecule has 0 saturated heterocycles. The minimum atomic E-state index is 0.470. The van der Waals surface area contributed by atoms with Crippen LogP contribution in [0.1, 0.15) is 36.9 Å². The molecule has 2 rings (SSSR count). The zero-order valence-electron chi connectivity index (χ0n) is 10.1. The van der Waals surface area contributed by atoms with Crippen molar-refractivity contribution in [2.75, 3.05) is 6.54 Å². The monoisotopic (exact) mass is 216 g/mol. The molecule has 0 saturated carbocycles. The van der Waals surface area contributed by atoms with Crippen molar-refractivity contribution in [1.82, 2.24) is 4.98 Å². The summed E-state index contributed by atoms with van der Waals surface area (Å²) in [5, 5.41) is 1.33. The summed E-state index contributed by atoms with van der Waals surface area (Å²) < 4.78 is 0. The lowest BCUT2D eigenvalue weighted by atomic mass is 9.97. The molecule has 0 radical (unpaired) electrons. The molecule has 0 aliphatic carbocycles. The van der Waals surface area contributed by atoms with Crippen LogP contribution in [0, 0.1) is 6.92 Å². The molecule has 2 aromatic rings. The third-order valence-corrected chi connectivity index (χ3v) is 3.33. The van der Waals surface area contributed by atoms with Crippen LogP contribution in [-0.4, -0.2) is 11.5 Å². The number of aryl methyl sites for hydroxylation is 1. The lowest BCUT2D eigenvalue weighted by Crippen LogP contribution is -2.13. The highest BCUT2D eigenvalue weighted by molar-refractivity contribution is 5.84. The minimum absolute atomic E-state index is 0.470. The number of hydrogen-bond donors (Lipinski definition) is 2. The first-order chi connectivity index (χ1) is 7.77. The molecule has 2 heteroatoms. The van der Waals surface area contributed by atoms with Gasteiger partial charge in [-0.1, -0.05) is 31.5 Å². The average molecular weight is 216 g/mol. The molecule has 16 heavy (non-hydrogen) atoms. The Kier molecular flexibility index (Phi) is 3.30. The average Bonchev–Trinajstić information content (AvgIpc) is 2.64. The molecular weight excluding hydrogens is 196 g/mol. The van der Waals surface area contributed by atoms with E-state index in [0.717, 1.165) is 13.0 Å². The minimum Gasteiger partial charge on any atom is -0.358 e. The molecular formula is C14H20N2. The topological polar surface area (TPSA) is 41.8 Å². The Morgan fingerprint density at radius 3 is 2.69 bits per heavy atom. The molecule has 86 valence electrons. The third kappa shape index (κ3) is 1.85. The highest BCUT2D eigenvalue weighted by Gasteiger charge is 2.15. The zero-order valence-corrected chi connectivity index (χ0v) is 10.1. The first kappa shape index (κ1) is 11.2. The fraction of sp³-hybridized carbons (Fsp3) is 0.429. The Hall–Kier alpha value is -1.28. The van der Waals surface area contributed by atoms with Crippen molar-refractivity contribution in [2.45, 2.75) is 32.6 Å². The van der Waals surface area contributed by atoms with Gasteiger partial charge < -0.3 is 10.7 Å². The molecule has 1 aromatic heterocycles. The van der Waals surface area contributed by atoms with Crippen molar-refractivity contribution < 1.29 is 0 Å². The SMILES string of the molecule is CCCC(CN)c1[nH]c2ccccc2c1C. The highest BCUT2D eigenvalue weighted by atomic mass is 14.7. The summed E-state index contributed by atoms with van der Waals surface area (Å²) in [4.78, 5) is 3.52. The van der Waals surface area contributed by atoms with E-state index in [1.807, 2.05) is 0 Å². The van der Waals surface area contributed by atoms with Crippen LogP contribution in [0.25, 0.3) is 10.9 Å². The van der Waals surface area contributed by atoms with Gasteiger partial charge >= 0.3 is 0 Å². The number of para-hydroxylation sites is 1. The van der Waals surface area contributed by atoms with Crippen molar-refractivity contribution in [1.29, 1.82) is 0 Å². The third-order valence-electron chi connectivity index (χ3n) is 3.33. The Morgan fingerprint density at radius 1 is 1.31 bits per heavy atom. The van der Waals surface area contributed by atoms with Gasteiger partial charge in [-0.25, -0.2) is 0 Å². The summed E-state index contributed by atoms with van der Waals surface area (Å²) >= 11 is 0. The molecule has 0 aliphatic rings. The van der Waals surface area contributed by atoms with Crippen LogP contribution in [0.4, 0.5) is 0 Å². The Labute approximate surface area is 96.9 Å². The molecule has 0 aliphatic heterocycles. The van der Waals surface area contributed by atoms with E-state index in [1.165, 1.54) is 28.6 Å². The maximum absolute atomic E-state index is 5.86. The summed E-state index contributed by atoms with van der Waals surface area (Å²) in [6, 6.07) is 8.46. The van der Waals surface area contributed by atoms with Crippen molar-refractivity contribution in [3.63, 3.8) is 0 Å². The van der Waals surface area contributed by atoms with Gasteiger partial charge in [-0.2, -0.15) is 0 Å². The lowest BCUT2D eigenvalue weighted by Gasteiger charge is -2.13. The molecule has 1 atom stereocenters. The van der Waals surface area contributed by atoms with Gasteiger partial charge in [0.1, 0.15) is 0 Å². The summed E-state index contributed by atoms with van der Waals surface area (Å²) in [6.07, 6.45) is 2.33. The lowest BCUT2D eigenvalue weighted by molar-refractivity contribution is 0.608. The van der Waals surface area contributed by atoms with Gasteiger partial charge in [0.05, 0.1) is 0 Å². The zero-order chi connectivity index (χ0) is 11.5. The van der Waals surface area contributed by atoms with E-state index in [2.05, 4.69) is 43.1 Å². The summed E-state index contributed by atoms with van der Waals surface area (Å²) in [6.45, 7) is 5.12. The van der Waals surface area contributed by atoms with Gasteiger partial charge in [0.25, 0.3) is 0 Å². The normalized spacial score (nSPS) is 13.2. The van der Waals surface area contributed by atoms with E-state index in [9.17, 15) is 0 Å². The number of hydrogen-bond acceptors (Lipinski definition) is 1. The Bertz CT molecular complexity index is 471. The summed E-state index contributed by atoms with van der Waals surface area (Å²) in [5.41, 5.74) is 9.77. The van der Waals surface area contributed by atoms with Crippen LogP contribution in [0.15, 0.2) is 24.3 Å². The first-order valence-electron chi connectivity index (χ1n) is 6.05. The standard InChI is InChI=1S/C14H20N2/c1-3-6-11(9-15)14-10(2)12-7-4-5-8-13(12)16-14/h4-5,7-8,11,16H,3,6,9,15H2,1-2H3. The van der Waals surface area contributed by atoms with Gasteiger partial charge in [-0.05, 0) is 25.0 Å².